The van der Waals surface area contributed by atoms with E-state index in [-0.39, 0.29) is 32.1 Å². The second-order valence-electron chi connectivity index (χ2n) is 8.75. The van der Waals surface area contributed by atoms with E-state index >= 15 is 0 Å². The molecule has 0 radical (unpaired) electrons. The van der Waals surface area contributed by atoms with Gasteiger partial charge in [0.1, 0.15) is 0 Å². The summed E-state index contributed by atoms with van der Waals surface area (Å²) in [5.41, 5.74) is 4.77. The molecule has 3 heterocycles. The molecule has 1 aromatic heterocycles. The third kappa shape index (κ3) is 4.73. The van der Waals surface area contributed by atoms with E-state index in [9.17, 15) is 14.7 Å². The van der Waals surface area contributed by atoms with Crippen LogP contribution < -0.4 is 10.6 Å². The Bertz CT molecular complexity index is 1290. The number of benzene rings is 2. The van der Waals surface area contributed by atoms with Gasteiger partial charge in [-0.05, 0) is 0 Å². The van der Waals surface area contributed by atoms with Crippen LogP contribution in [-0.2, 0) is 4.79 Å². The van der Waals surface area contributed by atoms with Gasteiger partial charge in [0.2, 0.25) is 0 Å². The Labute approximate surface area is 205 Å². The van der Waals surface area contributed by atoms with E-state index in [4.69, 9.17) is 0 Å². The van der Waals surface area contributed by atoms with Crippen LogP contribution in [0.25, 0.3) is 22.8 Å². The molecule has 6 nitrogen and oxygen atoms in total. The van der Waals surface area contributed by atoms with E-state index in [0.29, 0.717) is 12.1 Å². The minimum absolute atomic E-state index is 0.0131. The van der Waals surface area contributed by atoms with Crippen molar-refractivity contribution in [1.82, 2.24) is 10.2 Å². The average Bonchev–Trinajstić information content (AvgIpc) is 3.53. The Morgan fingerprint density at radius 1 is 1.15 bits per heavy atom. The molecule has 2 aromatic carbocycles. The van der Waals surface area contributed by atoms with Gasteiger partial charge >= 0.3 is 205 Å². The summed E-state index contributed by atoms with van der Waals surface area (Å²) in [6, 6.07) is 14.8. The number of aromatic hydroxyl groups is 1. The molecule has 0 saturated carbocycles. The molecule has 0 aliphatic carbocycles. The Morgan fingerprint density at radius 3 is 2.74 bits per heavy atom. The third-order valence-electron chi connectivity index (χ3n) is 6.36. The number of carbonyl (C=O) groups is 2. The Morgan fingerprint density at radius 2 is 1.94 bits per heavy atom. The van der Waals surface area contributed by atoms with Crippen molar-refractivity contribution in [1.29, 1.82) is 0 Å². The molecule has 7 heteroatoms. The molecule has 5 rings (SSSR count). The van der Waals surface area contributed by atoms with Gasteiger partial charge in [-0.15, -0.1) is 0 Å². The van der Waals surface area contributed by atoms with E-state index < -0.39 is 0 Å². The van der Waals surface area contributed by atoms with Gasteiger partial charge in [-0.2, -0.15) is 0 Å². The number of likely N-dealkylation sites (tertiary alicyclic amines) is 1. The molecule has 0 bridgehead atoms. The number of phenolic OH excluding ortho intramolecular Hbond substituents is 1. The Balaban J connectivity index is 1.33. The summed E-state index contributed by atoms with van der Waals surface area (Å²) >= 11 is 0.0131. The maximum absolute atomic E-state index is 12.7. The molecule has 3 aromatic rings. The number of hydrogen-bond acceptors (Lipinski definition) is 4. The summed E-state index contributed by atoms with van der Waals surface area (Å²) < 4.78 is 2.10. The molecule has 2 aliphatic rings. The van der Waals surface area contributed by atoms with Crippen LogP contribution in [0, 0.1) is 6.92 Å². The van der Waals surface area contributed by atoms with Gasteiger partial charge in [0.25, 0.3) is 0 Å². The number of amides is 2. The zero-order valence-corrected chi connectivity index (χ0v) is 20.8. The number of rotatable bonds is 6. The van der Waals surface area contributed by atoms with E-state index in [1.807, 2.05) is 43.3 Å². The van der Waals surface area contributed by atoms with Crippen molar-refractivity contribution in [2.75, 3.05) is 31.5 Å². The standard InChI is InChI=1S/C27H27N3O3Se/c1-17-23(26(32)28-9-12-30-10-2-3-11-30)15-21(34-17)16-24-22-8-7-19(14-25(22)29-27(24)33)18-5-4-6-20(31)13-18/h4-8,13-16,31H,2-3,9-12H2,1H3,(H,28,32)(H,29,33)/b24-16-. The molecule has 2 amide bonds. The molecule has 3 N–H and O–H groups in total. The van der Waals surface area contributed by atoms with Crippen LogP contribution in [0.3, 0.4) is 0 Å². The van der Waals surface area contributed by atoms with Crippen molar-refractivity contribution in [2.45, 2.75) is 19.8 Å². The predicted octanol–water partition coefficient (Wildman–Crippen LogP) is 3.74. The topological polar surface area (TPSA) is 81.7 Å². The van der Waals surface area contributed by atoms with E-state index in [1.54, 1.807) is 18.2 Å². The van der Waals surface area contributed by atoms with Gasteiger partial charge < -0.3 is 0 Å². The molecule has 1 fully saturated rings. The van der Waals surface area contributed by atoms with Crippen LogP contribution in [-0.4, -0.2) is 62.5 Å². The van der Waals surface area contributed by atoms with Crippen molar-refractivity contribution in [3.63, 3.8) is 0 Å². The summed E-state index contributed by atoms with van der Waals surface area (Å²) in [5, 5.41) is 15.8. The monoisotopic (exact) mass is 521 g/mol. The number of carbonyl (C=O) groups excluding carboxylic acids is 2. The number of anilines is 1. The zero-order chi connectivity index (χ0) is 23.7. The number of phenols is 1. The van der Waals surface area contributed by atoms with Crippen molar-refractivity contribution in [3.8, 4) is 16.9 Å². The van der Waals surface area contributed by atoms with Crippen LogP contribution in [0.1, 0.15) is 37.6 Å². The second kappa shape index (κ2) is 9.63. The van der Waals surface area contributed by atoms with E-state index in [2.05, 4.69) is 15.5 Å². The predicted molar refractivity (Wildman–Crippen MR) is 136 cm³/mol. The molecule has 0 atom stereocenters. The summed E-state index contributed by atoms with van der Waals surface area (Å²) in [6.45, 7) is 5.80. The van der Waals surface area contributed by atoms with Crippen molar-refractivity contribution in [2.24, 2.45) is 0 Å². The molecule has 1 saturated heterocycles. The molecular formula is C27H27N3O3Se. The first-order valence-electron chi connectivity index (χ1n) is 11.6. The van der Waals surface area contributed by atoms with Gasteiger partial charge in [-0.3, -0.25) is 0 Å². The maximum atomic E-state index is 12.7. The number of aryl methyl sites for hydroxylation is 1. The van der Waals surface area contributed by atoms with Crippen LogP contribution >= 0.6 is 0 Å². The molecule has 2 aliphatic heterocycles. The molecule has 0 spiro atoms. The summed E-state index contributed by atoms with van der Waals surface area (Å²) in [6.07, 6.45) is 4.41. The number of fused-ring (bicyclic) bond motifs is 1. The summed E-state index contributed by atoms with van der Waals surface area (Å²) in [4.78, 5) is 27.9. The fraction of sp³-hybridized carbons (Fsp3) is 0.259. The first kappa shape index (κ1) is 22.7. The Kier molecular flexibility index (Phi) is 6.42. The SMILES string of the molecule is Cc1[se]c(/C=C2\C(=O)Nc3cc(-c4cccc(O)c4)ccc32)cc1C(=O)NCCN1CCCC1. The molecule has 174 valence electrons. The number of nitrogens with zero attached hydrogens (tertiary/aromatic N) is 1. The second-order valence-corrected chi connectivity index (χ2v) is 11.4. The van der Waals surface area contributed by atoms with Crippen LogP contribution in [0.4, 0.5) is 5.69 Å². The summed E-state index contributed by atoms with van der Waals surface area (Å²) in [5.74, 6) is 0.0386. The molecular weight excluding hydrogens is 493 g/mol. The van der Waals surface area contributed by atoms with Crippen molar-refractivity contribution in [3.05, 3.63) is 68.5 Å². The van der Waals surface area contributed by atoms with Crippen molar-refractivity contribution < 1.29 is 14.7 Å². The van der Waals surface area contributed by atoms with Gasteiger partial charge in [0.15, 0.2) is 0 Å². The first-order valence-corrected chi connectivity index (χ1v) is 13.3. The quantitative estimate of drug-likeness (QED) is 0.342. The fourth-order valence-electron chi connectivity index (χ4n) is 4.58. The molecule has 0 unspecified atom stereocenters. The van der Waals surface area contributed by atoms with E-state index in [1.165, 1.54) is 12.8 Å². The fourth-order valence-corrected chi connectivity index (χ4v) is 6.61. The van der Waals surface area contributed by atoms with Crippen LogP contribution in [0.15, 0.2) is 48.5 Å². The summed E-state index contributed by atoms with van der Waals surface area (Å²) in [7, 11) is 0. The van der Waals surface area contributed by atoms with Crippen LogP contribution in [0.2, 0.25) is 0 Å². The van der Waals surface area contributed by atoms with Gasteiger partial charge in [-0.25, -0.2) is 0 Å². The van der Waals surface area contributed by atoms with Crippen LogP contribution in [0.5, 0.6) is 5.75 Å². The minimum atomic E-state index is -0.138. The third-order valence-corrected chi connectivity index (χ3v) is 8.46. The normalized spacial score (nSPS) is 16.6. The van der Waals surface area contributed by atoms with Gasteiger partial charge in [-0.1, -0.05) is 0 Å². The number of hydrogen-bond donors (Lipinski definition) is 3. The van der Waals surface area contributed by atoms with Gasteiger partial charge in [0.05, 0.1) is 0 Å². The van der Waals surface area contributed by atoms with Gasteiger partial charge in [0, 0.05) is 0 Å². The Hall–Kier alpha value is -3.12. The first-order chi connectivity index (χ1) is 16.5. The molecule has 34 heavy (non-hydrogen) atoms. The average molecular weight is 520 g/mol. The van der Waals surface area contributed by atoms with Crippen molar-refractivity contribution >= 4 is 43.7 Å². The van der Waals surface area contributed by atoms with E-state index in [0.717, 1.165) is 56.5 Å². The zero-order valence-electron chi connectivity index (χ0n) is 19.1. The number of nitrogens with one attached hydrogen (secondary N) is 2.